The number of aromatic nitrogens is 3. The molecule has 0 fully saturated rings. The molecule has 3 N–H and O–H groups in total. The van der Waals surface area contributed by atoms with Gasteiger partial charge < -0.3 is 0 Å². The van der Waals surface area contributed by atoms with Crippen LogP contribution in [0.5, 0.6) is 0 Å². The Morgan fingerprint density at radius 3 is 2.65 bits per heavy atom. The average molecular weight is 249 g/mol. The van der Waals surface area contributed by atoms with Gasteiger partial charge in [0.2, 0.25) is 0 Å². The van der Waals surface area contributed by atoms with Crippen molar-refractivity contribution in [3.8, 4) is 0 Å². The lowest BCUT2D eigenvalue weighted by Crippen LogP contribution is -2.30. The molecule has 0 saturated heterocycles. The number of aryl methyl sites for hydroxylation is 2. The highest BCUT2D eigenvalue weighted by Gasteiger charge is 2.14. The van der Waals surface area contributed by atoms with Crippen molar-refractivity contribution in [3.63, 3.8) is 0 Å². The van der Waals surface area contributed by atoms with Crippen LogP contribution in [0.15, 0.2) is 17.8 Å². The molecule has 0 amide bonds. The van der Waals surface area contributed by atoms with Gasteiger partial charge in [-0.25, -0.2) is 4.98 Å². The third-order valence-corrected chi connectivity index (χ3v) is 3.39. The van der Waals surface area contributed by atoms with Gasteiger partial charge >= 0.3 is 0 Å². The number of hydrazine groups is 1. The van der Waals surface area contributed by atoms with Crippen LogP contribution in [-0.4, -0.2) is 15.0 Å². The van der Waals surface area contributed by atoms with Crippen LogP contribution in [0.4, 0.5) is 0 Å². The standard InChI is InChI=1S/C11H15N5S/c1-7-4-14-10(5-13-7)9(16-12)3-11-15-8(2)6-17-11/h4-6,9,16H,3,12H2,1-2H3. The molecule has 2 rings (SSSR count). The summed E-state index contributed by atoms with van der Waals surface area (Å²) in [7, 11) is 0. The maximum Gasteiger partial charge on any atom is 0.0948 e. The molecule has 1 atom stereocenters. The van der Waals surface area contributed by atoms with E-state index in [1.165, 1.54) is 0 Å². The Bertz CT molecular complexity index is 479. The van der Waals surface area contributed by atoms with E-state index in [9.17, 15) is 0 Å². The van der Waals surface area contributed by atoms with Gasteiger partial charge in [-0.05, 0) is 13.8 Å². The first-order valence-electron chi connectivity index (χ1n) is 5.34. The molecular weight excluding hydrogens is 234 g/mol. The molecule has 0 aliphatic carbocycles. The molecule has 90 valence electrons. The van der Waals surface area contributed by atoms with Crippen molar-refractivity contribution < 1.29 is 0 Å². The van der Waals surface area contributed by atoms with Gasteiger partial charge in [-0.1, -0.05) is 0 Å². The SMILES string of the molecule is Cc1cnc(C(Cc2nc(C)cs2)NN)cn1. The van der Waals surface area contributed by atoms with Crippen molar-refractivity contribution in [3.05, 3.63) is 39.9 Å². The van der Waals surface area contributed by atoms with Gasteiger partial charge in [-0.2, -0.15) is 0 Å². The second kappa shape index (κ2) is 5.31. The van der Waals surface area contributed by atoms with E-state index in [1.807, 2.05) is 19.2 Å². The predicted octanol–water partition coefficient (Wildman–Crippen LogP) is 1.30. The molecule has 0 radical (unpaired) electrons. The van der Waals surface area contributed by atoms with Gasteiger partial charge in [0, 0.05) is 23.7 Å². The van der Waals surface area contributed by atoms with Crippen molar-refractivity contribution in [1.29, 1.82) is 0 Å². The average Bonchev–Trinajstić information content (AvgIpc) is 2.73. The van der Waals surface area contributed by atoms with E-state index in [0.29, 0.717) is 0 Å². The highest BCUT2D eigenvalue weighted by Crippen LogP contribution is 2.18. The number of nitrogens with one attached hydrogen (secondary N) is 1. The Morgan fingerprint density at radius 2 is 2.12 bits per heavy atom. The van der Waals surface area contributed by atoms with Crippen molar-refractivity contribution >= 4 is 11.3 Å². The Morgan fingerprint density at radius 1 is 1.29 bits per heavy atom. The van der Waals surface area contributed by atoms with E-state index < -0.39 is 0 Å². The van der Waals surface area contributed by atoms with Crippen molar-refractivity contribution in [2.75, 3.05) is 0 Å². The van der Waals surface area contributed by atoms with E-state index in [0.717, 1.165) is 28.5 Å². The zero-order chi connectivity index (χ0) is 12.3. The normalized spacial score (nSPS) is 12.6. The molecule has 0 bridgehead atoms. The van der Waals surface area contributed by atoms with Gasteiger partial charge in [-0.15, -0.1) is 11.3 Å². The van der Waals surface area contributed by atoms with E-state index in [1.54, 1.807) is 23.7 Å². The van der Waals surface area contributed by atoms with Crippen molar-refractivity contribution in [1.82, 2.24) is 20.4 Å². The van der Waals surface area contributed by atoms with Crippen molar-refractivity contribution in [2.45, 2.75) is 26.3 Å². The zero-order valence-electron chi connectivity index (χ0n) is 9.84. The Kier molecular flexibility index (Phi) is 3.78. The minimum Gasteiger partial charge on any atom is -0.271 e. The number of nitrogens with two attached hydrogens (primary N) is 1. The number of hydrogen-bond donors (Lipinski definition) is 2. The van der Waals surface area contributed by atoms with Crippen LogP contribution in [0, 0.1) is 13.8 Å². The van der Waals surface area contributed by atoms with Gasteiger partial charge in [-0.3, -0.25) is 21.2 Å². The van der Waals surface area contributed by atoms with Crippen molar-refractivity contribution in [2.24, 2.45) is 5.84 Å². The molecular formula is C11H15N5S. The molecule has 2 heterocycles. The smallest absolute Gasteiger partial charge is 0.0948 e. The summed E-state index contributed by atoms with van der Waals surface area (Å²) in [4.78, 5) is 13.0. The second-order valence-corrected chi connectivity index (χ2v) is 4.83. The van der Waals surface area contributed by atoms with Crippen LogP contribution in [-0.2, 0) is 6.42 Å². The third kappa shape index (κ3) is 3.06. The minimum atomic E-state index is -0.0475. The summed E-state index contributed by atoms with van der Waals surface area (Å²) in [5.74, 6) is 5.56. The fourth-order valence-electron chi connectivity index (χ4n) is 1.50. The van der Waals surface area contributed by atoms with Gasteiger partial charge in [0.25, 0.3) is 0 Å². The summed E-state index contributed by atoms with van der Waals surface area (Å²) in [5.41, 5.74) is 5.53. The second-order valence-electron chi connectivity index (χ2n) is 3.89. The summed E-state index contributed by atoms with van der Waals surface area (Å²) in [6.07, 6.45) is 4.22. The zero-order valence-corrected chi connectivity index (χ0v) is 10.7. The number of rotatable bonds is 4. The van der Waals surface area contributed by atoms with Crippen LogP contribution in [0.2, 0.25) is 0 Å². The molecule has 17 heavy (non-hydrogen) atoms. The van der Waals surface area contributed by atoms with E-state index in [-0.39, 0.29) is 6.04 Å². The van der Waals surface area contributed by atoms with E-state index in [2.05, 4.69) is 20.4 Å². The molecule has 1 unspecified atom stereocenters. The predicted molar refractivity (Wildman–Crippen MR) is 67.4 cm³/mol. The number of thiazole rings is 1. The third-order valence-electron chi connectivity index (χ3n) is 2.40. The first kappa shape index (κ1) is 12.1. The Hall–Kier alpha value is -1.37. The lowest BCUT2D eigenvalue weighted by atomic mass is 10.1. The molecule has 6 heteroatoms. The molecule has 0 aliphatic heterocycles. The molecule has 0 aromatic carbocycles. The summed E-state index contributed by atoms with van der Waals surface area (Å²) in [5, 5.41) is 3.08. The fraction of sp³-hybridized carbons (Fsp3) is 0.364. The highest BCUT2D eigenvalue weighted by atomic mass is 32.1. The molecule has 2 aromatic heterocycles. The summed E-state index contributed by atoms with van der Waals surface area (Å²) in [6.45, 7) is 3.89. The van der Waals surface area contributed by atoms with Gasteiger partial charge in [0.05, 0.1) is 28.6 Å². The Labute approximate surface area is 104 Å². The summed E-state index contributed by atoms with van der Waals surface area (Å²) >= 11 is 1.64. The Balaban J connectivity index is 2.13. The molecule has 0 aliphatic rings. The number of hydrogen-bond acceptors (Lipinski definition) is 6. The molecule has 0 spiro atoms. The van der Waals surface area contributed by atoms with Gasteiger partial charge in [0.15, 0.2) is 0 Å². The monoisotopic (exact) mass is 249 g/mol. The molecule has 2 aromatic rings. The summed E-state index contributed by atoms with van der Waals surface area (Å²) in [6, 6.07) is -0.0475. The fourth-order valence-corrected chi connectivity index (χ4v) is 2.32. The molecule has 0 saturated carbocycles. The van der Waals surface area contributed by atoms with Crippen LogP contribution >= 0.6 is 11.3 Å². The molecule has 5 nitrogen and oxygen atoms in total. The first-order chi connectivity index (χ1) is 8.19. The lowest BCUT2D eigenvalue weighted by molar-refractivity contribution is 0.534. The maximum atomic E-state index is 5.56. The first-order valence-corrected chi connectivity index (χ1v) is 6.22. The quantitative estimate of drug-likeness (QED) is 0.631. The van der Waals surface area contributed by atoms with Gasteiger partial charge in [0.1, 0.15) is 0 Å². The number of nitrogens with zero attached hydrogens (tertiary/aromatic N) is 3. The highest BCUT2D eigenvalue weighted by molar-refractivity contribution is 7.09. The lowest BCUT2D eigenvalue weighted by Gasteiger charge is -2.13. The van der Waals surface area contributed by atoms with Crippen LogP contribution in [0.25, 0.3) is 0 Å². The van der Waals surface area contributed by atoms with E-state index in [4.69, 9.17) is 5.84 Å². The van der Waals surface area contributed by atoms with Crippen LogP contribution < -0.4 is 11.3 Å². The largest absolute Gasteiger partial charge is 0.271 e. The minimum absolute atomic E-state index is 0.0475. The van der Waals surface area contributed by atoms with E-state index >= 15 is 0 Å². The maximum absolute atomic E-state index is 5.56. The van der Waals surface area contributed by atoms with Crippen LogP contribution in [0.3, 0.4) is 0 Å². The summed E-state index contributed by atoms with van der Waals surface area (Å²) < 4.78 is 0. The topological polar surface area (TPSA) is 76.7 Å². The van der Waals surface area contributed by atoms with Crippen LogP contribution in [0.1, 0.15) is 28.1 Å².